The Hall–Kier alpha value is -4.18. The molecule has 38 heavy (non-hydrogen) atoms. The molecule has 0 aliphatic heterocycles. The smallest absolute Gasteiger partial charge is 0.428 e. The summed E-state index contributed by atoms with van der Waals surface area (Å²) in [4.78, 5) is 21.6. The van der Waals surface area contributed by atoms with Crippen molar-refractivity contribution in [3.63, 3.8) is 0 Å². The zero-order valence-electron chi connectivity index (χ0n) is 19.6. The van der Waals surface area contributed by atoms with Crippen LogP contribution in [0.3, 0.4) is 0 Å². The van der Waals surface area contributed by atoms with E-state index in [1.807, 2.05) is 18.2 Å². The number of aromatic nitrogens is 2. The van der Waals surface area contributed by atoms with Gasteiger partial charge in [0.05, 0.1) is 10.7 Å². The molecule has 0 saturated heterocycles. The molecule has 1 atom stereocenters. The molecule has 6 nitrogen and oxygen atoms in total. The summed E-state index contributed by atoms with van der Waals surface area (Å²) in [7, 11) is 0. The van der Waals surface area contributed by atoms with Crippen molar-refractivity contribution in [3.8, 4) is 5.75 Å². The molecule has 11 heteroatoms. The molecule has 4 rings (SSSR count). The molecule has 0 saturated carbocycles. The molecule has 0 unspecified atom stereocenters. The molecule has 2 N–H and O–H groups in total. The number of nitrogens with zero attached hydrogens (tertiary/aromatic N) is 2. The van der Waals surface area contributed by atoms with Gasteiger partial charge in [0.15, 0.2) is 0 Å². The fourth-order valence-corrected chi connectivity index (χ4v) is 3.98. The minimum atomic E-state index is -4.72. The number of alkyl halides is 4. The Kier molecular flexibility index (Phi) is 8.11. The van der Waals surface area contributed by atoms with E-state index in [9.17, 15) is 22.4 Å². The second-order valence-electron chi connectivity index (χ2n) is 8.24. The van der Waals surface area contributed by atoms with Crippen molar-refractivity contribution in [1.82, 2.24) is 15.3 Å². The van der Waals surface area contributed by atoms with Gasteiger partial charge in [-0.15, -0.1) is 0 Å². The van der Waals surface area contributed by atoms with E-state index >= 15 is 0 Å². The van der Waals surface area contributed by atoms with Gasteiger partial charge < -0.3 is 15.4 Å². The Morgan fingerprint density at radius 1 is 0.974 bits per heavy atom. The molecule has 0 aliphatic carbocycles. The van der Waals surface area contributed by atoms with Crippen LogP contribution in [-0.4, -0.2) is 28.5 Å². The summed E-state index contributed by atoms with van der Waals surface area (Å²) in [6.07, 6.45) is -4.27. The second kappa shape index (κ2) is 11.5. The standard InChI is InChI=1S/C27H21ClF4N4O2/c28-20-9-10-23(34-17-20)26(16-18-5-2-1-3-6-18,36-25(37)35-21-11-13-33-14-12-21)19-7-4-8-22(15-19)38-27(31,32)24(29)30/h1-15,17,24H,16H2,(H2,33,35,36,37)/t26-/m0/s1. The summed E-state index contributed by atoms with van der Waals surface area (Å²) in [5.41, 5.74) is 0.307. The van der Waals surface area contributed by atoms with Crippen molar-refractivity contribution in [1.29, 1.82) is 0 Å². The summed E-state index contributed by atoms with van der Waals surface area (Å²) in [5, 5.41) is 5.96. The van der Waals surface area contributed by atoms with E-state index in [2.05, 4.69) is 25.3 Å². The number of hydrogen-bond acceptors (Lipinski definition) is 4. The zero-order valence-corrected chi connectivity index (χ0v) is 20.4. The lowest BCUT2D eigenvalue weighted by molar-refractivity contribution is -0.253. The van der Waals surface area contributed by atoms with Gasteiger partial charge in [-0.05, 0) is 47.5 Å². The van der Waals surface area contributed by atoms with Crippen molar-refractivity contribution in [3.05, 3.63) is 119 Å². The van der Waals surface area contributed by atoms with Crippen LogP contribution in [0.5, 0.6) is 5.75 Å². The number of hydrogen-bond donors (Lipinski definition) is 2. The number of rotatable bonds is 9. The number of urea groups is 1. The first-order valence-electron chi connectivity index (χ1n) is 11.3. The molecule has 0 radical (unpaired) electrons. The topological polar surface area (TPSA) is 76.1 Å². The van der Waals surface area contributed by atoms with Crippen LogP contribution in [0, 0.1) is 0 Å². The summed E-state index contributed by atoms with van der Waals surface area (Å²) in [6.45, 7) is 0. The van der Waals surface area contributed by atoms with Gasteiger partial charge in [0.2, 0.25) is 0 Å². The number of carbonyl (C=O) groups is 1. The van der Waals surface area contributed by atoms with E-state index in [0.29, 0.717) is 16.4 Å². The third kappa shape index (κ3) is 6.38. The lowest BCUT2D eigenvalue weighted by Crippen LogP contribution is -2.50. The fraction of sp³-hybridized carbons (Fsp3) is 0.148. The maximum Gasteiger partial charge on any atom is 0.461 e. The molecule has 0 fully saturated rings. The average Bonchev–Trinajstić information content (AvgIpc) is 2.89. The van der Waals surface area contributed by atoms with Crippen molar-refractivity contribution in [2.45, 2.75) is 24.5 Å². The van der Waals surface area contributed by atoms with E-state index in [-0.39, 0.29) is 12.0 Å². The highest BCUT2D eigenvalue weighted by molar-refractivity contribution is 6.30. The predicted molar refractivity (Wildman–Crippen MR) is 135 cm³/mol. The van der Waals surface area contributed by atoms with Crippen molar-refractivity contribution in [2.75, 3.05) is 5.32 Å². The van der Waals surface area contributed by atoms with Gasteiger partial charge in [0.25, 0.3) is 0 Å². The quantitative estimate of drug-likeness (QED) is 0.231. The van der Waals surface area contributed by atoms with Crippen LogP contribution in [0.2, 0.25) is 5.02 Å². The van der Waals surface area contributed by atoms with Gasteiger partial charge >= 0.3 is 18.6 Å². The molecule has 2 heterocycles. The largest absolute Gasteiger partial charge is 0.461 e. The molecular weight excluding hydrogens is 524 g/mol. The minimum absolute atomic E-state index is 0.112. The predicted octanol–water partition coefficient (Wildman–Crippen LogP) is 6.67. The minimum Gasteiger partial charge on any atom is -0.428 e. The average molecular weight is 545 g/mol. The van der Waals surface area contributed by atoms with Gasteiger partial charge in [0, 0.05) is 30.7 Å². The van der Waals surface area contributed by atoms with Crippen molar-refractivity contribution < 1.29 is 27.1 Å². The van der Waals surface area contributed by atoms with E-state index in [0.717, 1.165) is 11.6 Å². The number of benzene rings is 2. The van der Waals surface area contributed by atoms with E-state index < -0.39 is 29.9 Å². The molecule has 196 valence electrons. The van der Waals surface area contributed by atoms with Gasteiger partial charge in [-0.2, -0.15) is 17.6 Å². The molecule has 2 aromatic carbocycles. The summed E-state index contributed by atoms with van der Waals surface area (Å²) in [5.74, 6) is -0.518. The maximum absolute atomic E-state index is 13.7. The molecule has 2 amide bonds. The monoisotopic (exact) mass is 544 g/mol. The van der Waals surface area contributed by atoms with Crippen LogP contribution in [-0.2, 0) is 12.0 Å². The zero-order chi connectivity index (χ0) is 27.2. The van der Waals surface area contributed by atoms with Crippen LogP contribution >= 0.6 is 11.6 Å². The summed E-state index contributed by atoms with van der Waals surface area (Å²) in [6, 6.07) is 19.9. The van der Waals surface area contributed by atoms with Crippen LogP contribution in [0.15, 0.2) is 97.5 Å². The fourth-order valence-electron chi connectivity index (χ4n) is 3.87. The number of pyridine rings is 2. The Morgan fingerprint density at radius 3 is 2.37 bits per heavy atom. The summed E-state index contributed by atoms with van der Waals surface area (Å²) >= 11 is 6.07. The van der Waals surface area contributed by atoms with Crippen LogP contribution < -0.4 is 15.4 Å². The SMILES string of the molecule is O=C(Nc1ccncc1)N[C@@](Cc1ccccc1)(c1cccc(OC(F)(F)C(F)F)c1)c1ccc(Cl)cn1. The number of halogens is 5. The number of amides is 2. The van der Waals surface area contributed by atoms with Crippen molar-refractivity contribution >= 4 is 23.3 Å². The summed E-state index contributed by atoms with van der Waals surface area (Å²) < 4.78 is 57.5. The van der Waals surface area contributed by atoms with E-state index in [1.54, 1.807) is 42.5 Å². The highest BCUT2D eigenvalue weighted by Crippen LogP contribution is 2.36. The first-order valence-corrected chi connectivity index (χ1v) is 11.7. The molecule has 2 aromatic heterocycles. The molecule has 0 bridgehead atoms. The third-order valence-corrected chi connectivity index (χ3v) is 5.80. The van der Waals surface area contributed by atoms with E-state index in [1.165, 1.54) is 30.7 Å². The number of carbonyl (C=O) groups excluding carboxylic acids is 1. The van der Waals surface area contributed by atoms with Gasteiger partial charge in [-0.25, -0.2) is 4.79 Å². The van der Waals surface area contributed by atoms with Gasteiger partial charge in [0.1, 0.15) is 11.3 Å². The number of ether oxygens (including phenoxy) is 1. The number of anilines is 1. The van der Waals surface area contributed by atoms with Gasteiger partial charge in [-0.3, -0.25) is 9.97 Å². The van der Waals surface area contributed by atoms with Gasteiger partial charge in [-0.1, -0.05) is 54.1 Å². The second-order valence-corrected chi connectivity index (χ2v) is 8.67. The molecule has 4 aromatic rings. The first-order chi connectivity index (χ1) is 18.2. The first kappa shape index (κ1) is 26.9. The van der Waals surface area contributed by atoms with Crippen molar-refractivity contribution in [2.24, 2.45) is 0 Å². The van der Waals surface area contributed by atoms with E-state index in [4.69, 9.17) is 11.6 Å². The normalized spacial score (nSPS) is 13.0. The third-order valence-electron chi connectivity index (χ3n) is 5.58. The Morgan fingerprint density at radius 2 is 1.71 bits per heavy atom. The van der Waals surface area contributed by atoms with Crippen LogP contribution in [0.25, 0.3) is 0 Å². The van der Waals surface area contributed by atoms with Crippen LogP contribution in [0.1, 0.15) is 16.8 Å². The highest BCUT2D eigenvalue weighted by Gasteiger charge is 2.44. The Bertz CT molecular complexity index is 1360. The molecule has 0 aliphatic rings. The Labute approximate surface area is 220 Å². The van der Waals surface area contributed by atoms with Crippen LogP contribution in [0.4, 0.5) is 28.0 Å². The Balaban J connectivity index is 1.84. The maximum atomic E-state index is 13.7. The number of nitrogens with one attached hydrogen (secondary N) is 2. The highest BCUT2D eigenvalue weighted by atomic mass is 35.5. The lowest BCUT2D eigenvalue weighted by Gasteiger charge is -2.35. The molecule has 0 spiro atoms. The molecular formula is C27H21ClF4N4O2. The lowest BCUT2D eigenvalue weighted by atomic mass is 9.80.